The summed E-state index contributed by atoms with van der Waals surface area (Å²) in [6.45, 7) is -1.53. The molecule has 0 radical (unpaired) electrons. The molecule has 0 saturated carbocycles. The number of hydrogen-bond donors (Lipinski definition) is 7. The molecule has 19 nitrogen and oxygen atoms in total. The Morgan fingerprint density at radius 2 is 1.61 bits per heavy atom. The Morgan fingerprint density at radius 3 is 2.22 bits per heavy atom. The van der Waals surface area contributed by atoms with Crippen LogP contribution in [0.5, 0.6) is 0 Å². The van der Waals surface area contributed by atoms with E-state index in [2.05, 4.69) is 13.4 Å². The molecular weight excluding hydrogens is 540 g/mol. The highest BCUT2D eigenvalue weighted by Crippen LogP contribution is 2.57. The summed E-state index contributed by atoms with van der Waals surface area (Å²) in [5, 5.41) is 49.5. The molecule has 2 fully saturated rings. The van der Waals surface area contributed by atoms with Gasteiger partial charge in [-0.25, -0.2) is 9.11 Å². The standard InChI is InChI=1S/C15H25N3O16P2/c16-3-5-8(20)10(22)12(24)14(32-5)33-36(28,29)34-35(26,27)30-4-6-9(21)11(23)13(31-6)18-2-1-7(19)17-15(18)25/h1-2,5-6,8-14,20-24H,3-4,16H2,(H,26,27)(H,28,29)(H,17,19,25)/p-2/t5?,6?,8-,9+,10?,11+,12-,13?,14+/m0/s1. The van der Waals surface area contributed by atoms with Crippen LogP contribution in [0.1, 0.15) is 6.23 Å². The van der Waals surface area contributed by atoms with Crippen LogP contribution in [-0.2, 0) is 32.0 Å². The number of phosphoric acid groups is 2. The highest BCUT2D eigenvalue weighted by molar-refractivity contribution is 7.59. The largest absolute Gasteiger partial charge is 0.756 e. The second-order valence-electron chi connectivity index (χ2n) is 7.69. The Labute approximate surface area is 200 Å². The average Bonchev–Trinajstić information content (AvgIpc) is 3.06. The van der Waals surface area contributed by atoms with E-state index in [1.807, 2.05) is 4.98 Å². The van der Waals surface area contributed by atoms with Crippen molar-refractivity contribution in [1.82, 2.24) is 9.55 Å². The molecule has 0 aromatic carbocycles. The van der Waals surface area contributed by atoms with Crippen molar-refractivity contribution in [3.05, 3.63) is 33.1 Å². The molecule has 2 aliphatic rings. The van der Waals surface area contributed by atoms with Crippen molar-refractivity contribution >= 4 is 15.6 Å². The van der Waals surface area contributed by atoms with Gasteiger partial charge in [-0.05, 0) is 0 Å². The monoisotopic (exact) mass is 563 g/mol. The van der Waals surface area contributed by atoms with Crippen LogP contribution in [-0.4, -0.2) is 97.3 Å². The molecule has 0 aliphatic carbocycles. The lowest BCUT2D eigenvalue weighted by Crippen LogP contribution is -2.59. The zero-order valence-corrected chi connectivity index (χ0v) is 19.7. The zero-order chi connectivity index (χ0) is 27.0. The summed E-state index contributed by atoms with van der Waals surface area (Å²) >= 11 is 0. The first-order valence-electron chi connectivity index (χ1n) is 10.0. The van der Waals surface area contributed by atoms with Crippen LogP contribution in [0.15, 0.2) is 21.9 Å². The van der Waals surface area contributed by atoms with Crippen molar-refractivity contribution in [3.63, 3.8) is 0 Å². The molecule has 1 aromatic rings. The molecule has 0 spiro atoms. The van der Waals surface area contributed by atoms with Gasteiger partial charge in [0.05, 0.1) is 6.61 Å². The molecule has 3 rings (SSSR count). The van der Waals surface area contributed by atoms with Crippen molar-refractivity contribution in [2.75, 3.05) is 13.2 Å². The van der Waals surface area contributed by atoms with E-state index in [4.69, 9.17) is 15.2 Å². The van der Waals surface area contributed by atoms with E-state index >= 15 is 0 Å². The molecular formula is C15H23N3O16P2-2. The van der Waals surface area contributed by atoms with E-state index in [-0.39, 0.29) is 0 Å². The number of phosphoric ester groups is 2. The van der Waals surface area contributed by atoms with Crippen LogP contribution in [0.3, 0.4) is 0 Å². The maximum atomic E-state index is 12.0. The zero-order valence-electron chi connectivity index (χ0n) is 17.9. The van der Waals surface area contributed by atoms with Gasteiger partial charge in [0, 0.05) is 18.8 Å². The minimum atomic E-state index is -5.86. The number of aromatic amines is 1. The van der Waals surface area contributed by atoms with Crippen LogP contribution in [0.4, 0.5) is 0 Å². The Bertz CT molecular complexity index is 1130. The minimum Gasteiger partial charge on any atom is -0.756 e. The van der Waals surface area contributed by atoms with Crippen LogP contribution in [0, 0.1) is 0 Å². The number of nitrogens with two attached hydrogens (primary N) is 1. The molecule has 2 saturated heterocycles. The maximum Gasteiger partial charge on any atom is 0.330 e. The van der Waals surface area contributed by atoms with Crippen LogP contribution in [0.25, 0.3) is 0 Å². The van der Waals surface area contributed by atoms with Gasteiger partial charge in [-0.2, -0.15) is 0 Å². The number of ether oxygens (including phenoxy) is 2. The molecule has 3 heterocycles. The number of nitrogens with zero attached hydrogens (tertiary/aromatic N) is 1. The van der Waals surface area contributed by atoms with E-state index < -0.39 is 95.3 Å². The van der Waals surface area contributed by atoms with Gasteiger partial charge in [0.2, 0.25) is 0 Å². The van der Waals surface area contributed by atoms with Gasteiger partial charge in [-0.15, -0.1) is 0 Å². The molecule has 0 amide bonds. The van der Waals surface area contributed by atoms with Crippen molar-refractivity contribution in [3.8, 4) is 0 Å². The summed E-state index contributed by atoms with van der Waals surface area (Å²) in [6, 6.07) is 0.918. The SMILES string of the molecule is NCC1O[C@H](OP(=O)([O-])OP(=O)([O-])OCC2OC(n3ccc(=O)[nH]c3=O)[C@H](O)[C@@H]2O)[C@@H](O)C(O)[C@H]1O. The fraction of sp³-hybridized carbons (Fsp3) is 0.733. The topological polar surface area (TPSA) is 308 Å². The lowest BCUT2D eigenvalue weighted by Gasteiger charge is -2.42. The summed E-state index contributed by atoms with van der Waals surface area (Å²) in [5.74, 6) is 0. The number of rotatable bonds is 9. The molecule has 0 bridgehead atoms. The third-order valence-corrected chi connectivity index (χ3v) is 7.72. The summed E-state index contributed by atoms with van der Waals surface area (Å²) < 4.78 is 47.4. The van der Waals surface area contributed by atoms with Crippen LogP contribution < -0.4 is 26.8 Å². The Hall–Kier alpha value is -1.38. The van der Waals surface area contributed by atoms with Crippen molar-refractivity contribution in [2.45, 2.75) is 55.2 Å². The molecule has 21 heteroatoms. The Balaban J connectivity index is 1.61. The highest BCUT2D eigenvalue weighted by atomic mass is 31.3. The van der Waals surface area contributed by atoms with Crippen molar-refractivity contribution in [1.29, 1.82) is 0 Å². The fourth-order valence-corrected chi connectivity index (χ4v) is 5.46. The number of aliphatic hydroxyl groups excluding tert-OH is 5. The first-order chi connectivity index (χ1) is 16.7. The van der Waals surface area contributed by atoms with Gasteiger partial charge in [0.15, 0.2) is 12.5 Å². The van der Waals surface area contributed by atoms with Crippen LogP contribution in [0.2, 0.25) is 0 Å². The van der Waals surface area contributed by atoms with Gasteiger partial charge in [0.1, 0.15) is 42.7 Å². The van der Waals surface area contributed by atoms with E-state index in [0.29, 0.717) is 4.57 Å². The molecule has 8 N–H and O–H groups in total. The van der Waals surface area contributed by atoms with E-state index in [1.165, 1.54) is 0 Å². The Kier molecular flexibility index (Phi) is 9.05. The van der Waals surface area contributed by atoms with E-state index in [0.717, 1.165) is 12.3 Å². The smallest absolute Gasteiger partial charge is 0.330 e. The lowest BCUT2D eigenvalue weighted by molar-refractivity contribution is -0.300. The number of H-pyrrole nitrogens is 1. The van der Waals surface area contributed by atoms with Crippen molar-refractivity contribution in [2.24, 2.45) is 5.73 Å². The van der Waals surface area contributed by atoms with Gasteiger partial charge in [-0.3, -0.25) is 28.0 Å². The number of hydrogen-bond acceptors (Lipinski definition) is 17. The predicted octanol–water partition coefficient (Wildman–Crippen LogP) is -6.09. The summed E-state index contributed by atoms with van der Waals surface area (Å²) in [7, 11) is -11.6. The van der Waals surface area contributed by atoms with Crippen LogP contribution >= 0.6 is 15.6 Å². The summed E-state index contributed by atoms with van der Waals surface area (Å²) in [6.07, 6.45) is -15.2. The minimum absolute atomic E-state index is 0.431. The number of aliphatic hydroxyl groups is 5. The first-order valence-corrected chi connectivity index (χ1v) is 13.0. The quantitative estimate of drug-likeness (QED) is 0.137. The second kappa shape index (κ2) is 11.2. The lowest BCUT2D eigenvalue weighted by atomic mass is 9.99. The van der Waals surface area contributed by atoms with Gasteiger partial charge in [0.25, 0.3) is 21.2 Å². The van der Waals surface area contributed by atoms with Gasteiger partial charge >= 0.3 is 5.69 Å². The Morgan fingerprint density at radius 1 is 0.972 bits per heavy atom. The molecule has 11 atom stereocenters. The van der Waals surface area contributed by atoms with E-state index in [1.54, 1.807) is 0 Å². The number of nitrogens with one attached hydrogen (secondary N) is 1. The average molecular weight is 563 g/mol. The van der Waals surface area contributed by atoms with Crippen molar-refractivity contribution < 1.29 is 67.3 Å². The summed E-state index contributed by atoms with van der Waals surface area (Å²) in [5.41, 5.74) is 3.53. The van der Waals surface area contributed by atoms with Gasteiger partial charge < -0.3 is 55.1 Å². The molecule has 1 aromatic heterocycles. The summed E-state index contributed by atoms with van der Waals surface area (Å²) in [4.78, 5) is 49.0. The molecule has 6 unspecified atom stereocenters. The highest BCUT2D eigenvalue weighted by Gasteiger charge is 2.46. The third-order valence-electron chi connectivity index (χ3n) is 5.19. The molecule has 206 valence electrons. The first kappa shape index (κ1) is 29.2. The second-order valence-corrected chi connectivity index (χ2v) is 10.6. The third kappa shape index (κ3) is 6.54. The predicted molar refractivity (Wildman–Crippen MR) is 106 cm³/mol. The molecule has 2 aliphatic heterocycles. The molecule has 36 heavy (non-hydrogen) atoms. The number of aromatic nitrogens is 2. The van der Waals surface area contributed by atoms with Gasteiger partial charge in [-0.1, -0.05) is 0 Å². The van der Waals surface area contributed by atoms with E-state index in [9.17, 15) is 54.0 Å². The normalized spacial score (nSPS) is 38.4. The maximum absolute atomic E-state index is 12.0. The fourth-order valence-electron chi connectivity index (χ4n) is 3.38.